The first-order valence-electron chi connectivity index (χ1n) is 9.49. The van der Waals surface area contributed by atoms with E-state index in [0.29, 0.717) is 11.1 Å². The monoisotopic (exact) mass is 328 g/mol. The molecule has 126 valence electrons. The molecule has 25 heavy (non-hydrogen) atoms. The van der Waals surface area contributed by atoms with Gasteiger partial charge in [-0.25, -0.2) is 4.85 Å². The standard InChI is InChI=1S/C23H24N2/c1-24-20-7-3-16(4-8-20)17-5-9-21-18(13-17)11-12-23-15-25(2)14-19(23)6-10-22(21)23/h3-5,7-9,13,19,22H,6,10-12,14-15H2,2H3/t19-,22-,23+/m1/s1. The molecular formula is C23H24N2. The first kappa shape index (κ1) is 15.2. The van der Waals surface area contributed by atoms with E-state index in [9.17, 15) is 0 Å². The van der Waals surface area contributed by atoms with Crippen molar-refractivity contribution in [2.75, 3.05) is 20.1 Å². The highest BCUT2D eigenvalue weighted by Gasteiger charge is 2.56. The van der Waals surface area contributed by atoms with E-state index in [1.165, 1.54) is 49.9 Å². The lowest BCUT2D eigenvalue weighted by Crippen LogP contribution is -2.36. The van der Waals surface area contributed by atoms with E-state index in [1.807, 2.05) is 12.1 Å². The van der Waals surface area contributed by atoms with Crippen molar-refractivity contribution in [1.82, 2.24) is 4.90 Å². The maximum absolute atomic E-state index is 7.11. The molecule has 0 radical (unpaired) electrons. The molecule has 0 aromatic heterocycles. The normalized spacial score (nSPS) is 30.4. The maximum atomic E-state index is 7.11. The average molecular weight is 328 g/mol. The second kappa shape index (κ2) is 5.44. The Hall–Kier alpha value is -2.11. The zero-order valence-corrected chi connectivity index (χ0v) is 14.8. The molecule has 2 aromatic carbocycles. The van der Waals surface area contributed by atoms with Crippen LogP contribution in [0.3, 0.4) is 0 Å². The molecule has 1 heterocycles. The second-order valence-electron chi connectivity index (χ2n) is 8.33. The Morgan fingerprint density at radius 3 is 2.68 bits per heavy atom. The molecular weight excluding hydrogens is 304 g/mol. The highest BCUT2D eigenvalue weighted by Crippen LogP contribution is 2.61. The molecule has 5 rings (SSSR count). The van der Waals surface area contributed by atoms with Crippen LogP contribution in [0.1, 0.15) is 36.3 Å². The summed E-state index contributed by atoms with van der Waals surface area (Å²) in [6.45, 7) is 9.70. The third-order valence-electron chi connectivity index (χ3n) is 7.12. The molecule has 3 atom stereocenters. The Bertz CT molecular complexity index is 861. The van der Waals surface area contributed by atoms with Gasteiger partial charge < -0.3 is 4.90 Å². The third kappa shape index (κ3) is 2.19. The smallest absolute Gasteiger partial charge is 0.187 e. The SMILES string of the molecule is [C-]#[N+]c1ccc(-c2ccc3c(c2)CC[C@]24CN(C)C[C@H]2CC[C@H]34)cc1. The fourth-order valence-electron chi connectivity index (χ4n) is 6.04. The molecule has 0 bridgehead atoms. The predicted molar refractivity (Wildman–Crippen MR) is 102 cm³/mol. The van der Waals surface area contributed by atoms with E-state index in [-0.39, 0.29) is 0 Å². The van der Waals surface area contributed by atoms with Crippen molar-refractivity contribution in [1.29, 1.82) is 0 Å². The van der Waals surface area contributed by atoms with Crippen LogP contribution in [0.15, 0.2) is 42.5 Å². The summed E-state index contributed by atoms with van der Waals surface area (Å²) in [5, 5.41) is 0. The Balaban J connectivity index is 1.51. The fourth-order valence-corrected chi connectivity index (χ4v) is 6.04. The number of hydrogen-bond acceptors (Lipinski definition) is 1. The van der Waals surface area contributed by atoms with Crippen LogP contribution in [-0.2, 0) is 6.42 Å². The molecule has 1 saturated heterocycles. The number of rotatable bonds is 1. The van der Waals surface area contributed by atoms with Gasteiger partial charge in [0.15, 0.2) is 5.69 Å². The van der Waals surface area contributed by atoms with Gasteiger partial charge in [-0.05, 0) is 72.2 Å². The molecule has 0 unspecified atom stereocenters. The summed E-state index contributed by atoms with van der Waals surface area (Å²) >= 11 is 0. The lowest BCUT2D eigenvalue weighted by molar-refractivity contribution is 0.190. The number of fused-ring (bicyclic) bond motifs is 2. The van der Waals surface area contributed by atoms with Crippen LogP contribution in [0.4, 0.5) is 5.69 Å². The summed E-state index contributed by atoms with van der Waals surface area (Å²) in [7, 11) is 2.30. The van der Waals surface area contributed by atoms with Gasteiger partial charge in [-0.3, -0.25) is 0 Å². The Kier molecular flexibility index (Phi) is 3.30. The van der Waals surface area contributed by atoms with Crippen LogP contribution in [0.2, 0.25) is 0 Å². The van der Waals surface area contributed by atoms with Gasteiger partial charge in [0.2, 0.25) is 0 Å². The number of benzene rings is 2. The van der Waals surface area contributed by atoms with Gasteiger partial charge in [0, 0.05) is 13.1 Å². The summed E-state index contributed by atoms with van der Waals surface area (Å²) in [5.41, 5.74) is 6.99. The van der Waals surface area contributed by atoms with Gasteiger partial charge in [0.25, 0.3) is 0 Å². The van der Waals surface area contributed by atoms with Crippen molar-refractivity contribution in [2.24, 2.45) is 11.3 Å². The maximum Gasteiger partial charge on any atom is 0.187 e. The van der Waals surface area contributed by atoms with E-state index >= 15 is 0 Å². The first-order valence-corrected chi connectivity index (χ1v) is 9.49. The van der Waals surface area contributed by atoms with Crippen molar-refractivity contribution < 1.29 is 0 Å². The molecule has 2 aromatic rings. The summed E-state index contributed by atoms with van der Waals surface area (Å²) < 4.78 is 0. The van der Waals surface area contributed by atoms with Gasteiger partial charge in [-0.2, -0.15) is 0 Å². The van der Waals surface area contributed by atoms with Crippen LogP contribution in [-0.4, -0.2) is 25.0 Å². The zero-order chi connectivity index (χ0) is 17.0. The minimum atomic E-state index is 0.556. The second-order valence-corrected chi connectivity index (χ2v) is 8.33. The van der Waals surface area contributed by atoms with Crippen molar-refractivity contribution >= 4 is 5.69 Å². The molecule has 0 N–H and O–H groups in total. The van der Waals surface area contributed by atoms with Gasteiger partial charge in [-0.15, -0.1) is 0 Å². The van der Waals surface area contributed by atoms with Gasteiger partial charge in [-0.1, -0.05) is 42.5 Å². The van der Waals surface area contributed by atoms with Crippen LogP contribution >= 0.6 is 0 Å². The number of nitrogens with zero attached hydrogens (tertiary/aromatic N) is 2. The third-order valence-corrected chi connectivity index (χ3v) is 7.12. The van der Waals surface area contributed by atoms with Crippen LogP contribution in [0.25, 0.3) is 16.0 Å². The van der Waals surface area contributed by atoms with E-state index in [0.717, 1.165) is 11.8 Å². The zero-order valence-electron chi connectivity index (χ0n) is 14.8. The van der Waals surface area contributed by atoms with Crippen molar-refractivity contribution in [3.8, 4) is 11.1 Å². The molecule has 0 amide bonds. The quantitative estimate of drug-likeness (QED) is 0.647. The van der Waals surface area contributed by atoms with E-state index < -0.39 is 0 Å². The molecule has 2 fully saturated rings. The van der Waals surface area contributed by atoms with Crippen LogP contribution in [0.5, 0.6) is 0 Å². The number of hydrogen-bond donors (Lipinski definition) is 0. The minimum Gasteiger partial charge on any atom is -0.305 e. The largest absolute Gasteiger partial charge is 0.305 e. The number of aryl methyl sites for hydroxylation is 1. The number of likely N-dealkylation sites (tertiary alicyclic amines) is 1. The molecule has 1 saturated carbocycles. The van der Waals surface area contributed by atoms with E-state index in [2.05, 4.69) is 47.1 Å². The average Bonchev–Trinajstić information content (AvgIpc) is 3.14. The lowest BCUT2D eigenvalue weighted by atomic mass is 9.63. The van der Waals surface area contributed by atoms with Gasteiger partial charge in [0.1, 0.15) is 0 Å². The predicted octanol–water partition coefficient (Wildman–Crippen LogP) is 5.28. The molecule has 1 aliphatic heterocycles. The summed E-state index contributed by atoms with van der Waals surface area (Å²) in [5.74, 6) is 1.68. The van der Waals surface area contributed by atoms with Gasteiger partial charge in [0.05, 0.1) is 6.57 Å². The lowest BCUT2D eigenvalue weighted by Gasteiger charge is -2.41. The Labute approximate surface area is 150 Å². The molecule has 1 spiro atoms. The molecule has 2 aliphatic carbocycles. The van der Waals surface area contributed by atoms with Crippen LogP contribution in [0, 0.1) is 17.9 Å². The summed E-state index contributed by atoms with van der Waals surface area (Å²) in [6, 6.07) is 15.1. The van der Waals surface area contributed by atoms with Crippen molar-refractivity contribution in [2.45, 2.75) is 31.6 Å². The van der Waals surface area contributed by atoms with E-state index in [1.54, 1.807) is 11.1 Å². The molecule has 3 aliphatic rings. The fraction of sp³-hybridized carbons (Fsp3) is 0.435. The summed E-state index contributed by atoms with van der Waals surface area (Å²) in [4.78, 5) is 6.06. The summed E-state index contributed by atoms with van der Waals surface area (Å²) in [6.07, 6.45) is 5.38. The first-order chi connectivity index (χ1) is 12.2. The highest BCUT2D eigenvalue weighted by molar-refractivity contribution is 5.68. The molecule has 2 heteroatoms. The Morgan fingerprint density at radius 1 is 1.08 bits per heavy atom. The topological polar surface area (TPSA) is 7.60 Å². The van der Waals surface area contributed by atoms with Crippen molar-refractivity contribution in [3.63, 3.8) is 0 Å². The Morgan fingerprint density at radius 2 is 1.88 bits per heavy atom. The highest BCUT2D eigenvalue weighted by atomic mass is 15.1. The molecule has 2 nitrogen and oxygen atoms in total. The van der Waals surface area contributed by atoms with Crippen LogP contribution < -0.4 is 0 Å². The van der Waals surface area contributed by atoms with E-state index in [4.69, 9.17) is 6.57 Å². The minimum absolute atomic E-state index is 0.556. The van der Waals surface area contributed by atoms with Crippen molar-refractivity contribution in [3.05, 3.63) is 65.0 Å². The van der Waals surface area contributed by atoms with Gasteiger partial charge >= 0.3 is 0 Å².